The minimum atomic E-state index is -4.05. The number of fused-ring (bicyclic) bond motifs is 3. The predicted molar refractivity (Wildman–Crippen MR) is 73.0 cm³/mol. The van der Waals surface area contributed by atoms with Crippen LogP contribution in [0.1, 0.15) is 11.1 Å². The van der Waals surface area contributed by atoms with E-state index in [2.05, 4.69) is 0 Å². The second-order valence-electron chi connectivity index (χ2n) is 4.53. The predicted octanol–water partition coefficient (Wildman–Crippen LogP) is 2.21. The average Bonchev–Trinajstić information content (AvgIpc) is 2.75. The summed E-state index contributed by atoms with van der Waals surface area (Å²) in [7, 11) is -4.05. The van der Waals surface area contributed by atoms with Crippen LogP contribution in [0.3, 0.4) is 0 Å². The van der Waals surface area contributed by atoms with E-state index in [0.717, 1.165) is 16.7 Å². The van der Waals surface area contributed by atoms with Crippen molar-refractivity contribution < 1.29 is 18.3 Å². The third kappa shape index (κ3) is 1.94. The molecule has 0 spiro atoms. The molecule has 0 fully saturated rings. The molecule has 0 atom stereocenters. The van der Waals surface area contributed by atoms with Crippen molar-refractivity contribution in [2.45, 2.75) is 11.3 Å². The van der Waals surface area contributed by atoms with Crippen LogP contribution in [-0.2, 0) is 16.4 Å². The number of carboxylic acid groups (broad SMARTS) is 1. The maximum absolute atomic E-state index is 12.1. The van der Waals surface area contributed by atoms with Crippen LogP contribution in [0.2, 0.25) is 0 Å². The van der Waals surface area contributed by atoms with Gasteiger partial charge in [0.25, 0.3) is 10.0 Å². The second kappa shape index (κ2) is 4.35. The van der Waals surface area contributed by atoms with Gasteiger partial charge in [-0.2, -0.15) is 0 Å². The lowest BCUT2D eigenvalue weighted by Gasteiger charge is -2.09. The first kappa shape index (κ1) is 12.7. The molecule has 2 aromatic carbocycles. The normalized spacial score (nSPS) is 12.6. The second-order valence-corrected chi connectivity index (χ2v) is 6.18. The van der Waals surface area contributed by atoms with E-state index in [1.54, 1.807) is 10.8 Å². The van der Waals surface area contributed by atoms with Gasteiger partial charge in [0.15, 0.2) is 0 Å². The molecule has 0 aromatic heterocycles. The molecule has 20 heavy (non-hydrogen) atoms. The fourth-order valence-corrected chi connectivity index (χ4v) is 3.65. The maximum atomic E-state index is 12.1. The topological polar surface area (TPSA) is 83.5 Å². The third-order valence-corrected chi connectivity index (χ3v) is 4.72. The fraction of sp³-hybridized carbons (Fsp3) is 0.0714. The molecule has 0 bridgehead atoms. The first-order valence-corrected chi connectivity index (χ1v) is 7.43. The molecule has 1 aliphatic carbocycles. The molecule has 102 valence electrons. The van der Waals surface area contributed by atoms with Crippen LogP contribution in [-0.4, -0.2) is 19.6 Å². The molecule has 0 radical (unpaired) electrons. The van der Waals surface area contributed by atoms with Gasteiger partial charge in [-0.15, -0.1) is 0 Å². The van der Waals surface area contributed by atoms with E-state index in [1.165, 1.54) is 6.07 Å². The molecule has 1 aliphatic rings. The molecule has 0 heterocycles. The quantitative estimate of drug-likeness (QED) is 0.757. The summed E-state index contributed by atoms with van der Waals surface area (Å²) in [4.78, 5) is 10.6. The number of nitrogens with one attached hydrogen (secondary N) is 1. The summed E-state index contributed by atoms with van der Waals surface area (Å²) in [5.41, 5.74) is 3.52. The van der Waals surface area contributed by atoms with Crippen molar-refractivity contribution in [1.29, 1.82) is 0 Å². The molecule has 5 nitrogen and oxygen atoms in total. The molecular weight excluding hydrogens is 278 g/mol. The minimum absolute atomic E-state index is 0.0219. The Labute approximate surface area is 115 Å². The van der Waals surface area contributed by atoms with Crippen LogP contribution >= 0.6 is 0 Å². The summed E-state index contributed by atoms with van der Waals surface area (Å²) in [5, 5.41) is 8.64. The van der Waals surface area contributed by atoms with Gasteiger partial charge in [0.05, 0.1) is 4.90 Å². The monoisotopic (exact) mass is 289 g/mol. The van der Waals surface area contributed by atoms with Gasteiger partial charge in [-0.05, 0) is 28.3 Å². The van der Waals surface area contributed by atoms with Gasteiger partial charge in [-0.1, -0.05) is 36.4 Å². The Kier molecular flexibility index (Phi) is 2.76. The Morgan fingerprint density at radius 2 is 1.75 bits per heavy atom. The molecule has 0 saturated carbocycles. The highest BCUT2D eigenvalue weighted by molar-refractivity contribution is 7.90. The van der Waals surface area contributed by atoms with Crippen LogP contribution < -0.4 is 4.72 Å². The highest BCUT2D eigenvalue weighted by Crippen LogP contribution is 2.39. The summed E-state index contributed by atoms with van der Waals surface area (Å²) >= 11 is 0. The van der Waals surface area contributed by atoms with Crippen molar-refractivity contribution in [2.75, 3.05) is 0 Å². The lowest BCUT2D eigenvalue weighted by Crippen LogP contribution is -2.29. The Morgan fingerprint density at radius 3 is 2.50 bits per heavy atom. The van der Waals surface area contributed by atoms with E-state index in [4.69, 9.17) is 5.11 Å². The van der Waals surface area contributed by atoms with Gasteiger partial charge in [-0.25, -0.2) is 17.9 Å². The van der Waals surface area contributed by atoms with Gasteiger partial charge in [-0.3, -0.25) is 0 Å². The summed E-state index contributed by atoms with van der Waals surface area (Å²) in [6, 6.07) is 12.6. The third-order valence-electron chi connectivity index (χ3n) is 3.32. The van der Waals surface area contributed by atoms with Crippen molar-refractivity contribution in [3.8, 4) is 11.1 Å². The summed E-state index contributed by atoms with van der Waals surface area (Å²) in [5.74, 6) is 0. The van der Waals surface area contributed by atoms with Crippen molar-refractivity contribution in [3.63, 3.8) is 0 Å². The molecule has 2 aromatic rings. The van der Waals surface area contributed by atoms with Crippen LogP contribution in [0.5, 0.6) is 0 Å². The molecule has 2 N–H and O–H groups in total. The van der Waals surface area contributed by atoms with Crippen LogP contribution in [0.15, 0.2) is 47.4 Å². The zero-order chi connectivity index (χ0) is 14.3. The summed E-state index contributed by atoms with van der Waals surface area (Å²) in [6.45, 7) is 0. The Bertz CT molecular complexity index is 812. The Morgan fingerprint density at radius 1 is 1.05 bits per heavy atom. The first-order chi connectivity index (χ1) is 9.49. The van der Waals surface area contributed by atoms with Crippen LogP contribution in [0.4, 0.5) is 4.79 Å². The van der Waals surface area contributed by atoms with Crippen molar-refractivity contribution in [3.05, 3.63) is 53.6 Å². The highest BCUT2D eigenvalue weighted by atomic mass is 32.2. The van der Waals surface area contributed by atoms with Gasteiger partial charge >= 0.3 is 6.09 Å². The molecule has 3 rings (SSSR count). The minimum Gasteiger partial charge on any atom is -0.464 e. The number of benzene rings is 2. The van der Waals surface area contributed by atoms with Crippen LogP contribution in [0, 0.1) is 0 Å². The molecule has 0 saturated heterocycles. The van der Waals surface area contributed by atoms with Gasteiger partial charge in [0, 0.05) is 6.42 Å². The van der Waals surface area contributed by atoms with Gasteiger partial charge in [0.2, 0.25) is 0 Å². The first-order valence-electron chi connectivity index (χ1n) is 5.95. The molecular formula is C14H11NO4S. The number of hydrogen-bond donors (Lipinski definition) is 2. The van der Waals surface area contributed by atoms with E-state index in [0.29, 0.717) is 12.0 Å². The van der Waals surface area contributed by atoms with Gasteiger partial charge in [0.1, 0.15) is 0 Å². The van der Waals surface area contributed by atoms with E-state index in [-0.39, 0.29) is 4.90 Å². The van der Waals surface area contributed by atoms with Gasteiger partial charge < -0.3 is 5.11 Å². The molecule has 1 amide bonds. The Hall–Kier alpha value is -2.34. The largest absolute Gasteiger partial charge is 0.464 e. The van der Waals surface area contributed by atoms with E-state index in [1.807, 2.05) is 30.3 Å². The van der Waals surface area contributed by atoms with Crippen molar-refractivity contribution in [1.82, 2.24) is 4.72 Å². The number of sulfonamides is 1. The zero-order valence-corrected chi connectivity index (χ0v) is 11.1. The molecule has 0 aliphatic heterocycles. The summed E-state index contributed by atoms with van der Waals surface area (Å²) in [6.07, 6.45) is -1.10. The van der Waals surface area contributed by atoms with Crippen molar-refractivity contribution in [2.24, 2.45) is 0 Å². The maximum Gasteiger partial charge on any atom is 0.418 e. The number of hydrogen-bond acceptors (Lipinski definition) is 3. The lowest BCUT2D eigenvalue weighted by atomic mass is 10.1. The number of carbonyl (C=O) groups is 1. The smallest absolute Gasteiger partial charge is 0.418 e. The molecule has 0 unspecified atom stereocenters. The number of rotatable bonds is 2. The fourth-order valence-electron chi connectivity index (χ4n) is 2.55. The van der Waals surface area contributed by atoms with Crippen LogP contribution in [0.25, 0.3) is 11.1 Å². The highest BCUT2D eigenvalue weighted by Gasteiger charge is 2.27. The van der Waals surface area contributed by atoms with E-state index in [9.17, 15) is 13.2 Å². The SMILES string of the molecule is O=C(O)NS(=O)(=O)c1cccc2c1Cc1ccccc1-2. The van der Waals surface area contributed by atoms with E-state index < -0.39 is 16.1 Å². The lowest BCUT2D eigenvalue weighted by molar-refractivity contribution is 0.201. The standard InChI is InChI=1S/C14H11NO4S/c16-14(17)15-20(18,19)13-7-3-6-11-10-5-2-1-4-9(10)8-12(11)13/h1-7,15H,8H2,(H,16,17). The average molecular weight is 289 g/mol. The molecule has 6 heteroatoms. The summed E-state index contributed by atoms with van der Waals surface area (Å²) < 4.78 is 25.7. The van der Waals surface area contributed by atoms with Crippen molar-refractivity contribution >= 4 is 16.1 Å². The Balaban J connectivity index is 2.17. The number of amides is 1. The van der Waals surface area contributed by atoms with E-state index >= 15 is 0 Å². The zero-order valence-electron chi connectivity index (χ0n) is 10.3.